The molecule has 0 aliphatic carbocycles. The van der Waals surface area contributed by atoms with Crippen LogP contribution in [0.2, 0.25) is 0 Å². The molecule has 0 aromatic carbocycles. The molecule has 0 aromatic rings. The third-order valence-corrected chi connectivity index (χ3v) is 3.79. The minimum absolute atomic E-state index is 0.223. The van der Waals surface area contributed by atoms with E-state index in [2.05, 4.69) is 32.6 Å². The van der Waals surface area contributed by atoms with E-state index in [9.17, 15) is 5.11 Å². The molecule has 0 amide bonds. The normalized spacial score (nSPS) is 21.5. The van der Waals surface area contributed by atoms with Gasteiger partial charge in [0, 0.05) is 6.42 Å². The zero-order valence-corrected chi connectivity index (χ0v) is 11.0. The van der Waals surface area contributed by atoms with Gasteiger partial charge in [-0.25, -0.2) is 0 Å². The SMILES string of the molecule is CCN(CC)C(C)(CC)C(O)C1=CCCO1. The van der Waals surface area contributed by atoms with Crippen LogP contribution < -0.4 is 0 Å². The standard InChI is InChI=1S/C13H25NO2/c1-5-13(4,14(6-2)7-3)12(15)11-9-8-10-16-11/h9,12,15H,5-8,10H2,1-4H3. The fourth-order valence-electron chi connectivity index (χ4n) is 2.47. The second kappa shape index (κ2) is 5.69. The molecular weight excluding hydrogens is 202 g/mol. The Hall–Kier alpha value is -0.540. The van der Waals surface area contributed by atoms with Crippen LogP contribution in [-0.2, 0) is 4.74 Å². The van der Waals surface area contributed by atoms with Gasteiger partial charge in [-0.05, 0) is 32.5 Å². The van der Waals surface area contributed by atoms with E-state index >= 15 is 0 Å². The van der Waals surface area contributed by atoms with Crippen LogP contribution in [-0.4, -0.2) is 41.3 Å². The van der Waals surface area contributed by atoms with Crippen molar-refractivity contribution in [2.75, 3.05) is 19.7 Å². The summed E-state index contributed by atoms with van der Waals surface area (Å²) in [5, 5.41) is 10.5. The molecule has 0 radical (unpaired) electrons. The predicted octanol–water partition coefficient (Wildman–Crippen LogP) is 2.16. The molecule has 1 aliphatic rings. The fourth-order valence-corrected chi connectivity index (χ4v) is 2.47. The Bertz CT molecular complexity index is 248. The van der Waals surface area contributed by atoms with Gasteiger partial charge in [0.15, 0.2) is 0 Å². The van der Waals surface area contributed by atoms with Crippen molar-refractivity contribution in [3.05, 3.63) is 11.8 Å². The summed E-state index contributed by atoms with van der Waals surface area (Å²) >= 11 is 0. The highest BCUT2D eigenvalue weighted by Crippen LogP contribution is 2.30. The van der Waals surface area contributed by atoms with Crippen molar-refractivity contribution < 1.29 is 9.84 Å². The van der Waals surface area contributed by atoms with Crippen molar-refractivity contribution in [1.82, 2.24) is 4.90 Å². The zero-order valence-electron chi connectivity index (χ0n) is 11.0. The molecule has 0 spiro atoms. The van der Waals surface area contributed by atoms with Gasteiger partial charge in [-0.1, -0.05) is 20.8 Å². The molecule has 1 heterocycles. The molecule has 3 heteroatoms. The highest BCUT2D eigenvalue weighted by atomic mass is 16.5. The quantitative estimate of drug-likeness (QED) is 0.755. The van der Waals surface area contributed by atoms with Crippen molar-refractivity contribution in [1.29, 1.82) is 0 Å². The highest BCUT2D eigenvalue weighted by molar-refractivity contribution is 5.12. The van der Waals surface area contributed by atoms with Crippen LogP contribution in [0.5, 0.6) is 0 Å². The van der Waals surface area contributed by atoms with Crippen LogP contribution in [0.25, 0.3) is 0 Å². The highest BCUT2D eigenvalue weighted by Gasteiger charge is 2.39. The summed E-state index contributed by atoms with van der Waals surface area (Å²) in [6, 6.07) is 0. The van der Waals surface area contributed by atoms with E-state index in [4.69, 9.17) is 4.74 Å². The van der Waals surface area contributed by atoms with E-state index in [0.717, 1.165) is 31.7 Å². The second-order valence-electron chi connectivity index (χ2n) is 4.53. The lowest BCUT2D eigenvalue weighted by molar-refractivity contribution is -0.0255. The molecule has 16 heavy (non-hydrogen) atoms. The molecule has 2 atom stereocenters. The minimum Gasteiger partial charge on any atom is -0.495 e. The number of nitrogens with zero attached hydrogens (tertiary/aromatic N) is 1. The van der Waals surface area contributed by atoms with Gasteiger partial charge in [0.25, 0.3) is 0 Å². The Balaban J connectivity index is 2.84. The third-order valence-electron chi connectivity index (χ3n) is 3.79. The van der Waals surface area contributed by atoms with Gasteiger partial charge < -0.3 is 9.84 Å². The average Bonchev–Trinajstić information content (AvgIpc) is 2.82. The van der Waals surface area contributed by atoms with Crippen LogP contribution in [0.15, 0.2) is 11.8 Å². The van der Waals surface area contributed by atoms with Gasteiger partial charge in [0.05, 0.1) is 12.1 Å². The van der Waals surface area contributed by atoms with Crippen molar-refractivity contribution in [3.63, 3.8) is 0 Å². The molecular formula is C13H25NO2. The topological polar surface area (TPSA) is 32.7 Å². The van der Waals surface area contributed by atoms with E-state index in [1.807, 2.05) is 6.08 Å². The van der Waals surface area contributed by atoms with Gasteiger partial charge in [0.1, 0.15) is 11.9 Å². The lowest BCUT2D eigenvalue weighted by atomic mass is 9.88. The molecule has 1 aliphatic heterocycles. The Kier molecular flexibility index (Phi) is 4.81. The molecule has 2 unspecified atom stereocenters. The monoisotopic (exact) mass is 227 g/mol. The first-order valence-corrected chi connectivity index (χ1v) is 6.36. The summed E-state index contributed by atoms with van der Waals surface area (Å²) in [7, 11) is 0. The van der Waals surface area contributed by atoms with E-state index in [-0.39, 0.29) is 5.54 Å². The van der Waals surface area contributed by atoms with Crippen molar-refractivity contribution in [2.24, 2.45) is 0 Å². The molecule has 94 valence electrons. The van der Waals surface area contributed by atoms with Crippen molar-refractivity contribution >= 4 is 0 Å². The minimum atomic E-state index is -0.514. The van der Waals surface area contributed by atoms with E-state index in [0.29, 0.717) is 6.61 Å². The number of rotatable bonds is 6. The lowest BCUT2D eigenvalue weighted by Crippen LogP contribution is -2.54. The molecule has 1 rings (SSSR count). The van der Waals surface area contributed by atoms with Gasteiger partial charge in [-0.15, -0.1) is 0 Å². The summed E-state index contributed by atoms with van der Waals surface area (Å²) < 4.78 is 5.49. The van der Waals surface area contributed by atoms with Crippen molar-refractivity contribution in [3.8, 4) is 0 Å². The molecule has 0 saturated heterocycles. The summed E-state index contributed by atoms with van der Waals surface area (Å²) in [5.74, 6) is 0.760. The van der Waals surface area contributed by atoms with Gasteiger partial charge in [-0.2, -0.15) is 0 Å². The Morgan fingerprint density at radius 1 is 1.44 bits per heavy atom. The smallest absolute Gasteiger partial charge is 0.129 e. The van der Waals surface area contributed by atoms with Gasteiger partial charge in [0.2, 0.25) is 0 Å². The van der Waals surface area contributed by atoms with Gasteiger partial charge in [-0.3, -0.25) is 4.90 Å². The number of aliphatic hydroxyl groups excluding tert-OH is 1. The lowest BCUT2D eigenvalue weighted by Gasteiger charge is -2.43. The van der Waals surface area contributed by atoms with E-state index in [1.165, 1.54) is 0 Å². The Morgan fingerprint density at radius 3 is 2.44 bits per heavy atom. The molecule has 3 nitrogen and oxygen atoms in total. The summed E-state index contributed by atoms with van der Waals surface area (Å²) in [5.41, 5.74) is -0.223. The molecule has 0 saturated carbocycles. The predicted molar refractivity (Wildman–Crippen MR) is 66.3 cm³/mol. The zero-order chi connectivity index (χ0) is 12.2. The maximum Gasteiger partial charge on any atom is 0.129 e. The maximum absolute atomic E-state index is 10.5. The number of ether oxygens (including phenoxy) is 1. The van der Waals surface area contributed by atoms with Crippen LogP contribution in [0.1, 0.15) is 40.5 Å². The molecule has 1 N–H and O–H groups in total. The summed E-state index contributed by atoms with van der Waals surface area (Å²) in [6.07, 6.45) is 3.34. The van der Waals surface area contributed by atoms with Gasteiger partial charge >= 0.3 is 0 Å². The third kappa shape index (κ3) is 2.41. The van der Waals surface area contributed by atoms with E-state index < -0.39 is 6.10 Å². The first-order chi connectivity index (χ1) is 7.60. The maximum atomic E-state index is 10.5. The van der Waals surface area contributed by atoms with Crippen LogP contribution in [0.3, 0.4) is 0 Å². The fraction of sp³-hybridized carbons (Fsp3) is 0.846. The number of hydrogen-bond donors (Lipinski definition) is 1. The first-order valence-electron chi connectivity index (χ1n) is 6.36. The molecule has 0 fully saturated rings. The second-order valence-corrected chi connectivity index (χ2v) is 4.53. The van der Waals surface area contributed by atoms with Crippen LogP contribution in [0, 0.1) is 0 Å². The number of aliphatic hydroxyl groups is 1. The van der Waals surface area contributed by atoms with E-state index in [1.54, 1.807) is 0 Å². The summed E-state index contributed by atoms with van der Waals surface area (Å²) in [4.78, 5) is 2.31. The largest absolute Gasteiger partial charge is 0.495 e. The summed E-state index contributed by atoms with van der Waals surface area (Å²) in [6.45, 7) is 11.1. The molecule has 0 aromatic heterocycles. The average molecular weight is 227 g/mol. The van der Waals surface area contributed by atoms with Crippen LogP contribution >= 0.6 is 0 Å². The first kappa shape index (κ1) is 13.5. The Morgan fingerprint density at radius 2 is 2.06 bits per heavy atom. The number of likely N-dealkylation sites (N-methyl/N-ethyl adjacent to an activating group) is 1. The molecule has 0 bridgehead atoms. The van der Waals surface area contributed by atoms with Crippen molar-refractivity contribution in [2.45, 2.75) is 52.2 Å². The number of hydrogen-bond acceptors (Lipinski definition) is 3. The van der Waals surface area contributed by atoms with Crippen LogP contribution in [0.4, 0.5) is 0 Å². The Labute approximate surface area is 99.1 Å².